The van der Waals surface area contributed by atoms with Crippen molar-refractivity contribution >= 4 is 0 Å². The van der Waals surface area contributed by atoms with Gasteiger partial charge >= 0.3 is 0 Å². The fourth-order valence-electron chi connectivity index (χ4n) is 1.40. The van der Waals surface area contributed by atoms with Gasteiger partial charge in [-0.1, -0.05) is 27.7 Å². The van der Waals surface area contributed by atoms with Gasteiger partial charge in [-0.3, -0.25) is 4.68 Å². The third-order valence-electron chi connectivity index (χ3n) is 2.06. The summed E-state index contributed by atoms with van der Waals surface area (Å²) in [5.41, 5.74) is 2.69. The summed E-state index contributed by atoms with van der Waals surface area (Å²) in [4.78, 5) is 0. The van der Waals surface area contributed by atoms with E-state index in [1.807, 2.05) is 11.7 Å². The van der Waals surface area contributed by atoms with Crippen molar-refractivity contribution in [1.29, 1.82) is 0 Å². The Morgan fingerprint density at radius 1 is 1.42 bits per heavy atom. The molecule has 68 valence electrons. The van der Waals surface area contributed by atoms with Crippen LogP contribution in [0.1, 0.15) is 39.1 Å². The van der Waals surface area contributed by atoms with Crippen molar-refractivity contribution in [1.82, 2.24) is 9.78 Å². The van der Waals surface area contributed by atoms with Gasteiger partial charge in [0.2, 0.25) is 0 Å². The van der Waals surface area contributed by atoms with E-state index in [-0.39, 0.29) is 5.41 Å². The van der Waals surface area contributed by atoms with Gasteiger partial charge in [0.05, 0.1) is 5.69 Å². The molecule has 0 bridgehead atoms. The topological polar surface area (TPSA) is 17.8 Å². The van der Waals surface area contributed by atoms with Gasteiger partial charge in [-0.05, 0) is 12.5 Å². The molecule has 0 saturated carbocycles. The Hall–Kier alpha value is -0.790. The molecule has 0 unspecified atom stereocenters. The smallest absolute Gasteiger partial charge is 0.0624 e. The summed E-state index contributed by atoms with van der Waals surface area (Å²) in [7, 11) is 2.01. The minimum absolute atomic E-state index is 0.204. The third-order valence-corrected chi connectivity index (χ3v) is 2.06. The van der Waals surface area contributed by atoms with Crippen LogP contribution in [0.15, 0.2) is 6.07 Å². The SMILES string of the molecule is CCc1cc(C(C)(C)C)n(C)n1. The number of hydrogen-bond acceptors (Lipinski definition) is 1. The summed E-state index contributed by atoms with van der Waals surface area (Å²) >= 11 is 0. The number of aromatic nitrogens is 2. The van der Waals surface area contributed by atoms with Crippen LogP contribution in [-0.4, -0.2) is 9.78 Å². The Morgan fingerprint density at radius 3 is 2.25 bits per heavy atom. The van der Waals surface area contributed by atoms with Crippen LogP contribution < -0.4 is 0 Å². The van der Waals surface area contributed by atoms with Crippen molar-refractivity contribution < 1.29 is 0 Å². The second-order valence-electron chi connectivity index (χ2n) is 4.25. The number of hydrogen-bond donors (Lipinski definition) is 0. The molecule has 0 aromatic carbocycles. The lowest BCUT2D eigenvalue weighted by molar-refractivity contribution is 0.522. The Balaban J connectivity index is 3.08. The Labute approximate surface area is 74.6 Å². The Kier molecular flexibility index (Phi) is 2.27. The summed E-state index contributed by atoms with van der Waals surface area (Å²) < 4.78 is 1.98. The number of rotatable bonds is 1. The average Bonchev–Trinajstić information content (AvgIpc) is 2.29. The van der Waals surface area contributed by atoms with Crippen LogP contribution in [0.4, 0.5) is 0 Å². The summed E-state index contributed by atoms with van der Waals surface area (Å²) in [6.45, 7) is 8.77. The lowest BCUT2D eigenvalue weighted by Crippen LogP contribution is -2.16. The van der Waals surface area contributed by atoms with Crippen molar-refractivity contribution in [3.63, 3.8) is 0 Å². The molecule has 2 nitrogen and oxygen atoms in total. The van der Waals surface area contributed by atoms with Gasteiger partial charge in [0.1, 0.15) is 0 Å². The van der Waals surface area contributed by atoms with Crippen LogP contribution in [0.2, 0.25) is 0 Å². The fraction of sp³-hybridized carbons (Fsp3) is 0.700. The van der Waals surface area contributed by atoms with E-state index in [1.165, 1.54) is 11.4 Å². The van der Waals surface area contributed by atoms with Crippen molar-refractivity contribution in [2.24, 2.45) is 7.05 Å². The zero-order valence-corrected chi connectivity index (χ0v) is 8.68. The number of aryl methyl sites for hydroxylation is 2. The molecule has 1 aromatic rings. The maximum absolute atomic E-state index is 4.41. The first-order valence-electron chi connectivity index (χ1n) is 4.48. The molecule has 0 aliphatic heterocycles. The predicted molar refractivity (Wildman–Crippen MR) is 51.3 cm³/mol. The first-order chi connectivity index (χ1) is 5.45. The average molecular weight is 166 g/mol. The predicted octanol–water partition coefficient (Wildman–Crippen LogP) is 2.28. The highest BCUT2D eigenvalue weighted by atomic mass is 15.3. The van der Waals surface area contributed by atoms with Crippen LogP contribution in [0, 0.1) is 0 Å². The quantitative estimate of drug-likeness (QED) is 0.626. The summed E-state index contributed by atoms with van der Waals surface area (Å²) in [6, 6.07) is 2.19. The second-order valence-corrected chi connectivity index (χ2v) is 4.25. The lowest BCUT2D eigenvalue weighted by Gasteiger charge is -2.17. The molecule has 12 heavy (non-hydrogen) atoms. The molecule has 0 aliphatic carbocycles. The highest BCUT2D eigenvalue weighted by Crippen LogP contribution is 2.22. The molecule has 0 N–H and O–H groups in total. The van der Waals surface area contributed by atoms with E-state index in [2.05, 4.69) is 38.9 Å². The molecular formula is C10H18N2. The fourth-order valence-corrected chi connectivity index (χ4v) is 1.40. The second kappa shape index (κ2) is 2.92. The molecule has 0 amide bonds. The van der Waals surface area contributed by atoms with E-state index >= 15 is 0 Å². The highest BCUT2D eigenvalue weighted by molar-refractivity contribution is 5.17. The zero-order chi connectivity index (χ0) is 9.35. The van der Waals surface area contributed by atoms with Crippen LogP contribution in [-0.2, 0) is 18.9 Å². The van der Waals surface area contributed by atoms with Crippen molar-refractivity contribution in [3.05, 3.63) is 17.5 Å². The first-order valence-corrected chi connectivity index (χ1v) is 4.48. The zero-order valence-electron chi connectivity index (χ0n) is 8.68. The van der Waals surface area contributed by atoms with Crippen LogP contribution in [0.5, 0.6) is 0 Å². The molecule has 0 spiro atoms. The maximum Gasteiger partial charge on any atom is 0.0624 e. The van der Waals surface area contributed by atoms with E-state index in [9.17, 15) is 0 Å². The van der Waals surface area contributed by atoms with Crippen molar-refractivity contribution in [3.8, 4) is 0 Å². The summed E-state index contributed by atoms with van der Waals surface area (Å²) in [6.07, 6.45) is 1.02. The van der Waals surface area contributed by atoms with Crippen molar-refractivity contribution in [2.75, 3.05) is 0 Å². The molecule has 1 rings (SSSR count). The summed E-state index contributed by atoms with van der Waals surface area (Å²) in [5, 5.41) is 4.41. The molecule has 2 heteroatoms. The standard InChI is InChI=1S/C10H18N2/c1-6-8-7-9(10(2,3)4)12(5)11-8/h7H,6H2,1-5H3. The Bertz CT molecular complexity index is 266. The van der Waals surface area contributed by atoms with E-state index in [0.29, 0.717) is 0 Å². The van der Waals surface area contributed by atoms with E-state index in [4.69, 9.17) is 0 Å². The van der Waals surface area contributed by atoms with Gasteiger partial charge in [0.25, 0.3) is 0 Å². The van der Waals surface area contributed by atoms with Crippen LogP contribution in [0.25, 0.3) is 0 Å². The molecule has 1 heterocycles. The molecule has 0 aliphatic rings. The molecule has 1 aromatic heterocycles. The first kappa shape index (κ1) is 9.30. The molecule has 0 atom stereocenters. The van der Waals surface area contributed by atoms with Crippen molar-refractivity contribution in [2.45, 2.75) is 39.5 Å². The maximum atomic E-state index is 4.41. The van der Waals surface area contributed by atoms with Gasteiger partial charge < -0.3 is 0 Å². The molecule has 0 fully saturated rings. The minimum Gasteiger partial charge on any atom is -0.272 e. The molecule has 0 radical (unpaired) electrons. The monoisotopic (exact) mass is 166 g/mol. The molecule has 0 saturated heterocycles. The van der Waals surface area contributed by atoms with Crippen LogP contribution >= 0.6 is 0 Å². The van der Waals surface area contributed by atoms with Crippen LogP contribution in [0.3, 0.4) is 0 Å². The van der Waals surface area contributed by atoms with Gasteiger partial charge in [-0.15, -0.1) is 0 Å². The third kappa shape index (κ3) is 1.68. The summed E-state index contributed by atoms with van der Waals surface area (Å²) in [5.74, 6) is 0. The highest BCUT2D eigenvalue weighted by Gasteiger charge is 2.18. The van der Waals surface area contributed by atoms with E-state index in [0.717, 1.165) is 6.42 Å². The van der Waals surface area contributed by atoms with E-state index in [1.54, 1.807) is 0 Å². The van der Waals surface area contributed by atoms with Gasteiger partial charge in [0, 0.05) is 18.2 Å². The largest absolute Gasteiger partial charge is 0.272 e. The van der Waals surface area contributed by atoms with Gasteiger partial charge in [-0.2, -0.15) is 5.10 Å². The van der Waals surface area contributed by atoms with E-state index < -0.39 is 0 Å². The Morgan fingerprint density at radius 2 is 2.00 bits per heavy atom. The number of nitrogens with zero attached hydrogens (tertiary/aromatic N) is 2. The van der Waals surface area contributed by atoms with Gasteiger partial charge in [0.15, 0.2) is 0 Å². The van der Waals surface area contributed by atoms with Gasteiger partial charge in [-0.25, -0.2) is 0 Å². The normalized spacial score (nSPS) is 12.1. The lowest BCUT2D eigenvalue weighted by atomic mass is 9.92. The molecular weight excluding hydrogens is 148 g/mol. The minimum atomic E-state index is 0.204.